The summed E-state index contributed by atoms with van der Waals surface area (Å²) >= 11 is 0. The Labute approximate surface area is 444 Å². The highest BCUT2D eigenvalue weighted by Crippen LogP contribution is 2.64. The van der Waals surface area contributed by atoms with Gasteiger partial charge in [0.15, 0.2) is 26.3 Å². The molecule has 76 heavy (non-hydrogen) atoms. The van der Waals surface area contributed by atoms with E-state index < -0.39 is 133 Å². The largest absolute Gasteiger partial charge is 0.508 e. The van der Waals surface area contributed by atoms with Gasteiger partial charge in [0.1, 0.15) is 36.1 Å². The standard InChI is InChI=1S/C59H69NO15Si/c1-35-41(72-53(65)47(75-76(9,10)55(3,4)5)45(38-25-17-12-18-26-38)60-51(63)39-27-19-13-20-28-39)32-59(68)50(74-52(64)40-29-21-14-22-30-40)48-57(8,49(62)46(71-36(2)61)44(35)56(59,6)7)42(31-43-58(48,67)34-70-43)73-54(66)69-33-37-23-15-11-16-24-37/h11-30,41-43,45-48,50,67-68H,31-34H2,1-10H3,(H,60,63)/t41-,42-,43?,45-,46+,47+,48-,50-,57+,58-,59+/m0/s1. The molecule has 8 rings (SSSR count). The van der Waals surface area contributed by atoms with Crippen molar-refractivity contribution >= 4 is 44.1 Å². The second kappa shape index (κ2) is 21.1. The number of amides is 1. The van der Waals surface area contributed by atoms with E-state index in [4.69, 9.17) is 32.8 Å². The van der Waals surface area contributed by atoms with E-state index in [9.17, 15) is 29.4 Å². The number of hydrogen-bond acceptors (Lipinski definition) is 15. The van der Waals surface area contributed by atoms with Crippen LogP contribution in [-0.4, -0.2) is 109 Å². The van der Waals surface area contributed by atoms with Crippen molar-refractivity contribution in [3.8, 4) is 0 Å². The van der Waals surface area contributed by atoms with E-state index in [0.29, 0.717) is 16.7 Å². The van der Waals surface area contributed by atoms with Crippen molar-refractivity contribution in [3.63, 3.8) is 0 Å². The molecule has 0 radical (unpaired) electrons. The van der Waals surface area contributed by atoms with Crippen molar-refractivity contribution in [2.24, 2.45) is 16.7 Å². The van der Waals surface area contributed by atoms with Gasteiger partial charge in [0.2, 0.25) is 0 Å². The number of nitrogens with one attached hydrogen (secondary N) is 1. The lowest BCUT2D eigenvalue weighted by Crippen LogP contribution is -2.81. The van der Waals surface area contributed by atoms with Gasteiger partial charge in [-0.2, -0.15) is 0 Å². The van der Waals surface area contributed by atoms with Crippen LogP contribution >= 0.6 is 0 Å². The zero-order valence-corrected chi connectivity index (χ0v) is 45.7. The van der Waals surface area contributed by atoms with E-state index >= 15 is 9.59 Å². The Kier molecular flexibility index (Phi) is 15.5. The van der Waals surface area contributed by atoms with Crippen molar-refractivity contribution in [3.05, 3.63) is 155 Å². The summed E-state index contributed by atoms with van der Waals surface area (Å²) in [5.74, 6) is -5.80. The van der Waals surface area contributed by atoms with Gasteiger partial charge >= 0.3 is 24.1 Å². The van der Waals surface area contributed by atoms with Gasteiger partial charge in [0.05, 0.1) is 29.7 Å². The molecule has 4 aliphatic rings. The molecule has 3 fully saturated rings. The number of ether oxygens (including phenoxy) is 6. The van der Waals surface area contributed by atoms with E-state index in [1.54, 1.807) is 130 Å². The lowest BCUT2D eigenvalue weighted by atomic mass is 9.44. The van der Waals surface area contributed by atoms with Crippen LogP contribution in [0.15, 0.2) is 132 Å². The number of fused-ring (bicyclic) bond motifs is 5. The molecule has 3 aliphatic carbocycles. The Balaban J connectivity index is 1.30. The smallest absolute Gasteiger partial charge is 0.456 e. The molecule has 3 N–H and O–H groups in total. The molecule has 1 amide bonds. The quantitative estimate of drug-likeness (QED) is 0.0466. The molecular formula is C59H69NO15Si. The summed E-state index contributed by atoms with van der Waals surface area (Å²) in [6.07, 6.45) is -11.3. The zero-order chi connectivity index (χ0) is 55.2. The number of esters is 3. The van der Waals surface area contributed by atoms with E-state index in [2.05, 4.69) is 5.32 Å². The van der Waals surface area contributed by atoms with Crippen LogP contribution in [0.3, 0.4) is 0 Å². The first-order valence-corrected chi connectivity index (χ1v) is 28.6. The number of carbonyl (C=O) groups excluding carboxylic acids is 6. The summed E-state index contributed by atoms with van der Waals surface area (Å²) in [6.45, 7) is 16.7. The first kappa shape index (κ1) is 55.7. The number of carbonyl (C=O) groups is 6. The van der Waals surface area contributed by atoms with Crippen molar-refractivity contribution in [2.75, 3.05) is 6.61 Å². The van der Waals surface area contributed by atoms with E-state index in [1.165, 1.54) is 19.1 Å². The number of ketones is 1. The fourth-order valence-electron chi connectivity index (χ4n) is 11.4. The molecule has 2 saturated carbocycles. The van der Waals surface area contributed by atoms with Crippen molar-refractivity contribution in [1.29, 1.82) is 0 Å². The van der Waals surface area contributed by atoms with Gasteiger partial charge in [-0.3, -0.25) is 14.4 Å². The average molecular weight is 1060 g/mol. The Bertz CT molecular complexity index is 2850. The Morgan fingerprint density at radius 1 is 0.789 bits per heavy atom. The average Bonchev–Trinajstić information content (AvgIpc) is 3.43. The molecule has 0 aromatic heterocycles. The van der Waals surface area contributed by atoms with Crippen molar-refractivity contribution in [1.82, 2.24) is 5.32 Å². The molecule has 4 aromatic rings. The van der Waals surface area contributed by atoms with Crippen molar-refractivity contribution < 1.29 is 71.8 Å². The molecule has 1 heterocycles. The van der Waals surface area contributed by atoms with Crippen LogP contribution in [0.25, 0.3) is 0 Å². The zero-order valence-electron chi connectivity index (χ0n) is 44.7. The van der Waals surface area contributed by atoms with Gasteiger partial charge < -0.3 is 48.4 Å². The van der Waals surface area contributed by atoms with Crippen LogP contribution in [0.4, 0.5) is 4.79 Å². The minimum atomic E-state index is -2.96. The topological polar surface area (TPSA) is 220 Å². The first-order chi connectivity index (χ1) is 35.7. The second-order valence-corrected chi connectivity index (χ2v) is 27.5. The Morgan fingerprint density at radius 2 is 1.36 bits per heavy atom. The monoisotopic (exact) mass is 1060 g/mol. The number of rotatable bonds is 14. The predicted molar refractivity (Wildman–Crippen MR) is 280 cm³/mol. The maximum atomic E-state index is 16.2. The van der Waals surface area contributed by atoms with Crippen LogP contribution in [0.2, 0.25) is 18.1 Å². The van der Waals surface area contributed by atoms with Gasteiger partial charge in [-0.25, -0.2) is 14.4 Å². The maximum Gasteiger partial charge on any atom is 0.508 e. The summed E-state index contributed by atoms with van der Waals surface area (Å²) in [6, 6.07) is 33.0. The molecule has 17 heteroatoms. The predicted octanol–water partition coefficient (Wildman–Crippen LogP) is 8.56. The molecular weight excluding hydrogens is 991 g/mol. The molecule has 4 aromatic carbocycles. The van der Waals surface area contributed by atoms with Crippen LogP contribution in [0.5, 0.6) is 0 Å². The number of Topliss-reactive ketones (excluding diaryl/α,β-unsaturated/α-hetero) is 1. The minimum Gasteiger partial charge on any atom is -0.456 e. The molecule has 1 saturated heterocycles. The van der Waals surface area contributed by atoms with Gasteiger partial charge in [-0.1, -0.05) is 132 Å². The SMILES string of the molecule is CC(=O)O[C@H]1C(=O)[C@]2(C)[C@@H](OC(=O)OCc3ccccc3)CC3OC[C@@]3(O)[C@H]2[C@H](OC(=O)c2ccccc2)[C@]2(O)C[C@H](OC(=O)[C@H](O[Si](C)(C)C(C)(C)C)[C@@H](NC(=O)c3ccccc3)c3ccccc3)C(C)=C1C2(C)C. The van der Waals surface area contributed by atoms with E-state index in [-0.39, 0.29) is 29.7 Å². The van der Waals surface area contributed by atoms with Crippen molar-refractivity contribution in [2.45, 2.75) is 147 Å². The van der Waals surface area contributed by atoms with E-state index in [1.807, 2.05) is 33.9 Å². The van der Waals surface area contributed by atoms with Gasteiger partial charge in [0, 0.05) is 36.7 Å². The third kappa shape index (κ3) is 10.3. The summed E-state index contributed by atoms with van der Waals surface area (Å²) in [5, 5.41) is 29.8. The molecule has 404 valence electrons. The van der Waals surface area contributed by atoms with E-state index in [0.717, 1.165) is 6.92 Å². The number of benzene rings is 4. The third-order valence-electron chi connectivity index (χ3n) is 16.8. The van der Waals surface area contributed by atoms with Gasteiger partial charge in [-0.15, -0.1) is 0 Å². The van der Waals surface area contributed by atoms with Gasteiger partial charge in [-0.05, 0) is 78.5 Å². The summed E-state index contributed by atoms with van der Waals surface area (Å²) in [5.41, 5.74) is -6.52. The molecule has 16 nitrogen and oxygen atoms in total. The first-order valence-electron chi connectivity index (χ1n) is 25.7. The highest BCUT2D eigenvalue weighted by atomic mass is 28.4. The highest BCUT2D eigenvalue weighted by Gasteiger charge is 2.77. The number of hydrogen-bond donors (Lipinski definition) is 3. The second-order valence-electron chi connectivity index (χ2n) is 22.8. The normalized spacial score (nSPS) is 28.6. The number of aliphatic hydroxyl groups is 2. The lowest BCUT2D eigenvalue weighted by molar-refractivity contribution is -0.344. The fraction of sp³-hybridized carbons (Fsp3) is 0.458. The van der Waals surface area contributed by atoms with Gasteiger partial charge in [0.25, 0.3) is 5.91 Å². The fourth-order valence-corrected chi connectivity index (χ4v) is 12.6. The van der Waals surface area contributed by atoms with Crippen LogP contribution in [0.1, 0.15) is 106 Å². The minimum absolute atomic E-state index is 0.0166. The Morgan fingerprint density at radius 3 is 1.91 bits per heavy atom. The summed E-state index contributed by atoms with van der Waals surface area (Å²) in [4.78, 5) is 87.8. The molecule has 0 spiro atoms. The third-order valence-corrected chi connectivity index (χ3v) is 21.2. The summed E-state index contributed by atoms with van der Waals surface area (Å²) in [7, 11) is -2.96. The summed E-state index contributed by atoms with van der Waals surface area (Å²) < 4.78 is 43.9. The van der Waals surface area contributed by atoms with Crippen LogP contribution in [-0.2, 0) is 53.8 Å². The van der Waals surface area contributed by atoms with Crippen LogP contribution < -0.4 is 5.32 Å². The maximum absolute atomic E-state index is 16.2. The Hall–Kier alpha value is -6.50. The molecule has 1 aliphatic heterocycles. The lowest BCUT2D eigenvalue weighted by Gasteiger charge is -2.67. The van der Waals surface area contributed by atoms with Crippen LogP contribution in [0, 0.1) is 16.7 Å². The molecule has 11 atom stereocenters. The molecule has 2 bridgehead atoms. The highest BCUT2D eigenvalue weighted by molar-refractivity contribution is 6.74. The molecule has 1 unspecified atom stereocenters.